The summed E-state index contributed by atoms with van der Waals surface area (Å²) in [6.45, 7) is 1.55. The number of thiophene rings is 1. The molecule has 4 rings (SSSR count). The SMILES string of the molecule is O=C(NCc1nnc2ccc(-c3cccs3)nn12)NC[C@@H]1CCCO1. The summed E-state index contributed by atoms with van der Waals surface area (Å²) in [6, 6.07) is 7.54. The monoisotopic (exact) mass is 358 g/mol. The second kappa shape index (κ2) is 7.16. The van der Waals surface area contributed by atoms with Gasteiger partial charge < -0.3 is 15.4 Å². The molecule has 8 nitrogen and oxygen atoms in total. The van der Waals surface area contributed by atoms with Gasteiger partial charge in [0.2, 0.25) is 0 Å². The molecule has 4 heterocycles. The summed E-state index contributed by atoms with van der Waals surface area (Å²) >= 11 is 1.62. The van der Waals surface area contributed by atoms with Crippen LogP contribution in [0.3, 0.4) is 0 Å². The Bertz CT molecular complexity index is 857. The number of aromatic nitrogens is 4. The van der Waals surface area contributed by atoms with Gasteiger partial charge in [-0.3, -0.25) is 0 Å². The maximum atomic E-state index is 11.9. The van der Waals surface area contributed by atoms with Gasteiger partial charge in [-0.25, -0.2) is 4.79 Å². The van der Waals surface area contributed by atoms with Crippen LogP contribution < -0.4 is 10.6 Å². The summed E-state index contributed by atoms with van der Waals surface area (Å²) in [6.07, 6.45) is 2.16. The number of nitrogens with one attached hydrogen (secondary N) is 2. The van der Waals surface area contributed by atoms with Crippen LogP contribution in [0.25, 0.3) is 16.2 Å². The van der Waals surface area contributed by atoms with Gasteiger partial charge in [0.1, 0.15) is 5.69 Å². The second-order valence-electron chi connectivity index (χ2n) is 5.78. The van der Waals surface area contributed by atoms with E-state index < -0.39 is 0 Å². The summed E-state index contributed by atoms with van der Waals surface area (Å²) in [5.41, 5.74) is 1.50. The third-order valence-electron chi connectivity index (χ3n) is 4.02. The lowest BCUT2D eigenvalue weighted by molar-refractivity contribution is 0.111. The molecule has 0 bridgehead atoms. The maximum absolute atomic E-state index is 11.9. The lowest BCUT2D eigenvalue weighted by atomic mass is 10.2. The minimum atomic E-state index is -0.248. The number of ether oxygens (including phenoxy) is 1. The van der Waals surface area contributed by atoms with E-state index >= 15 is 0 Å². The first kappa shape index (κ1) is 16.0. The van der Waals surface area contributed by atoms with E-state index in [4.69, 9.17) is 4.74 Å². The van der Waals surface area contributed by atoms with Gasteiger partial charge >= 0.3 is 6.03 Å². The Balaban J connectivity index is 1.40. The van der Waals surface area contributed by atoms with E-state index in [-0.39, 0.29) is 18.7 Å². The van der Waals surface area contributed by atoms with Crippen molar-refractivity contribution in [2.75, 3.05) is 13.2 Å². The van der Waals surface area contributed by atoms with E-state index in [1.807, 2.05) is 29.6 Å². The molecule has 9 heteroatoms. The smallest absolute Gasteiger partial charge is 0.315 e. The number of rotatable bonds is 5. The molecule has 1 saturated heterocycles. The highest BCUT2D eigenvalue weighted by atomic mass is 32.1. The first-order valence-electron chi connectivity index (χ1n) is 8.18. The van der Waals surface area contributed by atoms with E-state index in [0.717, 1.165) is 30.0 Å². The van der Waals surface area contributed by atoms with Crippen LogP contribution in [0.4, 0.5) is 4.79 Å². The van der Waals surface area contributed by atoms with Gasteiger partial charge in [-0.1, -0.05) is 6.07 Å². The van der Waals surface area contributed by atoms with Crippen LogP contribution in [-0.2, 0) is 11.3 Å². The van der Waals surface area contributed by atoms with Crippen LogP contribution in [0.15, 0.2) is 29.6 Å². The topological polar surface area (TPSA) is 93.4 Å². The number of hydrogen-bond acceptors (Lipinski definition) is 6. The zero-order valence-corrected chi connectivity index (χ0v) is 14.3. The molecular weight excluding hydrogens is 340 g/mol. The third-order valence-corrected chi connectivity index (χ3v) is 4.91. The summed E-state index contributed by atoms with van der Waals surface area (Å²) in [4.78, 5) is 13.0. The molecule has 3 aromatic rings. The van der Waals surface area contributed by atoms with Crippen molar-refractivity contribution < 1.29 is 9.53 Å². The molecule has 0 aromatic carbocycles. The minimum Gasteiger partial charge on any atom is -0.376 e. The first-order valence-corrected chi connectivity index (χ1v) is 9.06. The number of nitrogens with zero attached hydrogens (tertiary/aromatic N) is 4. The molecule has 3 aromatic heterocycles. The molecule has 1 aliphatic heterocycles. The molecule has 1 atom stereocenters. The fraction of sp³-hybridized carbons (Fsp3) is 0.375. The van der Waals surface area contributed by atoms with Crippen LogP contribution in [-0.4, -0.2) is 45.1 Å². The number of carbonyl (C=O) groups is 1. The Labute approximate surface area is 148 Å². The van der Waals surface area contributed by atoms with Crippen molar-refractivity contribution in [3.8, 4) is 10.6 Å². The predicted octanol–water partition coefficient (Wildman–Crippen LogP) is 1.83. The van der Waals surface area contributed by atoms with Crippen molar-refractivity contribution in [1.82, 2.24) is 30.4 Å². The molecule has 25 heavy (non-hydrogen) atoms. The standard InChI is InChI=1S/C16H18N6O2S/c23-16(17-9-11-3-1-7-24-11)18-10-15-20-19-14-6-5-12(21-22(14)15)13-4-2-8-25-13/h2,4-6,8,11H,1,3,7,9-10H2,(H2,17,18,23)/t11-/m0/s1. The van der Waals surface area contributed by atoms with Crippen molar-refractivity contribution in [2.45, 2.75) is 25.5 Å². The van der Waals surface area contributed by atoms with Gasteiger partial charge in [0.05, 0.1) is 17.5 Å². The Hall–Kier alpha value is -2.52. The third kappa shape index (κ3) is 3.62. The van der Waals surface area contributed by atoms with Gasteiger partial charge in [0, 0.05) is 13.2 Å². The Morgan fingerprint density at radius 2 is 2.28 bits per heavy atom. The largest absolute Gasteiger partial charge is 0.376 e. The number of urea groups is 1. The van der Waals surface area contributed by atoms with E-state index in [1.54, 1.807) is 15.9 Å². The molecule has 0 unspecified atom stereocenters. The highest BCUT2D eigenvalue weighted by molar-refractivity contribution is 7.13. The quantitative estimate of drug-likeness (QED) is 0.726. The molecule has 0 aliphatic carbocycles. The molecule has 0 radical (unpaired) electrons. The van der Waals surface area contributed by atoms with Gasteiger partial charge in [-0.05, 0) is 36.4 Å². The predicted molar refractivity (Wildman–Crippen MR) is 93.3 cm³/mol. The van der Waals surface area contributed by atoms with E-state index in [0.29, 0.717) is 18.0 Å². The highest BCUT2D eigenvalue weighted by Gasteiger charge is 2.16. The van der Waals surface area contributed by atoms with Crippen LogP contribution in [0.1, 0.15) is 18.7 Å². The highest BCUT2D eigenvalue weighted by Crippen LogP contribution is 2.22. The number of carbonyl (C=O) groups excluding carboxylic acids is 1. The van der Waals surface area contributed by atoms with E-state index in [9.17, 15) is 4.79 Å². The van der Waals surface area contributed by atoms with Gasteiger partial charge in [-0.2, -0.15) is 9.61 Å². The molecular formula is C16H18N6O2S. The zero-order chi connectivity index (χ0) is 17.1. The van der Waals surface area contributed by atoms with Crippen LogP contribution >= 0.6 is 11.3 Å². The van der Waals surface area contributed by atoms with Crippen molar-refractivity contribution in [3.05, 3.63) is 35.5 Å². The van der Waals surface area contributed by atoms with E-state index in [2.05, 4.69) is 25.9 Å². The zero-order valence-electron chi connectivity index (χ0n) is 13.5. The van der Waals surface area contributed by atoms with Gasteiger partial charge in [0.15, 0.2) is 11.5 Å². The van der Waals surface area contributed by atoms with Crippen LogP contribution in [0.2, 0.25) is 0 Å². The summed E-state index contributed by atoms with van der Waals surface area (Å²) in [7, 11) is 0. The molecule has 130 valence electrons. The molecule has 2 N–H and O–H groups in total. The fourth-order valence-corrected chi connectivity index (χ4v) is 3.42. The Morgan fingerprint density at radius 3 is 3.08 bits per heavy atom. The van der Waals surface area contributed by atoms with Crippen molar-refractivity contribution in [2.24, 2.45) is 0 Å². The summed E-state index contributed by atoms with van der Waals surface area (Å²) < 4.78 is 7.14. The Kier molecular flexibility index (Phi) is 4.57. The molecule has 0 saturated carbocycles. The molecule has 2 amide bonds. The van der Waals surface area contributed by atoms with Crippen LogP contribution in [0.5, 0.6) is 0 Å². The Morgan fingerprint density at radius 1 is 1.32 bits per heavy atom. The number of hydrogen-bond donors (Lipinski definition) is 2. The van der Waals surface area contributed by atoms with Crippen LogP contribution in [0, 0.1) is 0 Å². The second-order valence-corrected chi connectivity index (χ2v) is 6.73. The lowest BCUT2D eigenvalue weighted by Crippen LogP contribution is -2.39. The van der Waals surface area contributed by atoms with Crippen molar-refractivity contribution in [1.29, 1.82) is 0 Å². The minimum absolute atomic E-state index is 0.120. The average Bonchev–Trinajstić information content (AvgIpc) is 3.39. The van der Waals surface area contributed by atoms with Crippen molar-refractivity contribution in [3.63, 3.8) is 0 Å². The van der Waals surface area contributed by atoms with Crippen molar-refractivity contribution >= 4 is 23.0 Å². The average molecular weight is 358 g/mol. The summed E-state index contributed by atoms with van der Waals surface area (Å²) in [5.74, 6) is 0.584. The fourth-order valence-electron chi connectivity index (χ4n) is 2.73. The maximum Gasteiger partial charge on any atom is 0.315 e. The van der Waals surface area contributed by atoms with E-state index in [1.165, 1.54) is 0 Å². The molecule has 1 fully saturated rings. The first-order chi connectivity index (χ1) is 12.3. The number of fused-ring (bicyclic) bond motifs is 1. The molecule has 1 aliphatic rings. The van der Waals surface area contributed by atoms with Gasteiger partial charge in [-0.15, -0.1) is 21.5 Å². The normalized spacial score (nSPS) is 17.0. The molecule has 0 spiro atoms. The summed E-state index contributed by atoms with van der Waals surface area (Å²) in [5, 5.41) is 20.4. The lowest BCUT2D eigenvalue weighted by Gasteiger charge is -2.11. The van der Waals surface area contributed by atoms with Gasteiger partial charge in [0.25, 0.3) is 0 Å². The number of amides is 2.